The van der Waals surface area contributed by atoms with Crippen molar-refractivity contribution in [1.82, 2.24) is 4.98 Å². The zero-order valence-electron chi connectivity index (χ0n) is 11.6. The van der Waals surface area contributed by atoms with E-state index in [0.717, 1.165) is 22.3 Å². The number of nitrogens with zero attached hydrogens (tertiary/aromatic N) is 3. The maximum atomic E-state index is 9.26. The molecule has 2 N–H and O–H groups in total. The number of nitrogens with two attached hydrogens (primary N) is 1. The molecule has 0 unspecified atom stereocenters. The number of pyridine rings is 1. The molecule has 4 nitrogen and oxygen atoms in total. The molecule has 0 atom stereocenters. The lowest BCUT2D eigenvalue weighted by molar-refractivity contribution is 1.20. The lowest BCUT2D eigenvalue weighted by atomic mass is 10.1. The van der Waals surface area contributed by atoms with Crippen LogP contribution in [0.25, 0.3) is 10.9 Å². The third-order valence-electron chi connectivity index (χ3n) is 3.49. The Bertz CT molecular complexity index is 849. The number of fused-ring (bicyclic) bond motifs is 1. The zero-order valence-corrected chi connectivity index (χ0v) is 11.6. The van der Waals surface area contributed by atoms with E-state index in [4.69, 9.17) is 5.73 Å². The van der Waals surface area contributed by atoms with E-state index in [0.29, 0.717) is 11.3 Å². The van der Waals surface area contributed by atoms with Gasteiger partial charge < -0.3 is 10.6 Å². The number of nitriles is 1. The van der Waals surface area contributed by atoms with Gasteiger partial charge in [0.15, 0.2) is 0 Å². The van der Waals surface area contributed by atoms with Gasteiger partial charge in [-0.2, -0.15) is 5.26 Å². The number of aromatic nitrogens is 1. The average Bonchev–Trinajstić information content (AvgIpc) is 2.53. The van der Waals surface area contributed by atoms with E-state index in [2.05, 4.69) is 11.1 Å². The van der Waals surface area contributed by atoms with Crippen molar-refractivity contribution in [3.63, 3.8) is 0 Å². The molecule has 102 valence electrons. The molecule has 2 aromatic carbocycles. The second kappa shape index (κ2) is 5.14. The van der Waals surface area contributed by atoms with Crippen molar-refractivity contribution in [3.05, 3.63) is 60.3 Å². The summed E-state index contributed by atoms with van der Waals surface area (Å²) in [6, 6.07) is 17.4. The Kier molecular flexibility index (Phi) is 3.17. The summed E-state index contributed by atoms with van der Waals surface area (Å²) in [6.45, 7) is 0. The van der Waals surface area contributed by atoms with Crippen LogP contribution >= 0.6 is 0 Å². The fraction of sp³-hybridized carbons (Fsp3) is 0.0588. The summed E-state index contributed by atoms with van der Waals surface area (Å²) in [7, 11) is 1.95. The first-order valence-corrected chi connectivity index (χ1v) is 6.58. The second-order valence-corrected chi connectivity index (χ2v) is 4.79. The van der Waals surface area contributed by atoms with Crippen molar-refractivity contribution in [2.24, 2.45) is 0 Å². The van der Waals surface area contributed by atoms with Crippen LogP contribution in [0.2, 0.25) is 0 Å². The molecule has 1 aromatic heterocycles. The Labute approximate surface area is 123 Å². The Balaban J connectivity index is 2.18. The summed E-state index contributed by atoms with van der Waals surface area (Å²) in [5.41, 5.74) is 9.83. The van der Waals surface area contributed by atoms with Gasteiger partial charge in [0.1, 0.15) is 6.07 Å². The number of hydrogen-bond acceptors (Lipinski definition) is 4. The summed E-state index contributed by atoms with van der Waals surface area (Å²) in [6.07, 6.45) is 1.75. The van der Waals surface area contributed by atoms with E-state index in [1.54, 1.807) is 6.20 Å². The monoisotopic (exact) mass is 274 g/mol. The SMILES string of the molecule is CN(c1ccccc1C#N)c1ccnc2cc(N)ccc12. The molecule has 3 rings (SSSR count). The second-order valence-electron chi connectivity index (χ2n) is 4.79. The standard InChI is InChI=1S/C17H14N4/c1-21(16-5-3-2-4-12(16)11-18)17-8-9-20-15-10-13(19)6-7-14(15)17/h2-10H,19H2,1H3. The van der Waals surface area contributed by atoms with Gasteiger partial charge in [-0.1, -0.05) is 12.1 Å². The molecular formula is C17H14N4. The Morgan fingerprint density at radius 1 is 1.10 bits per heavy atom. The van der Waals surface area contributed by atoms with Crippen LogP contribution in [0.4, 0.5) is 17.1 Å². The summed E-state index contributed by atoms with van der Waals surface area (Å²) in [4.78, 5) is 6.35. The number of anilines is 3. The van der Waals surface area contributed by atoms with Crippen molar-refractivity contribution < 1.29 is 0 Å². The van der Waals surface area contributed by atoms with Gasteiger partial charge in [-0.3, -0.25) is 4.98 Å². The molecule has 0 fully saturated rings. The molecule has 0 amide bonds. The fourth-order valence-electron chi connectivity index (χ4n) is 2.43. The zero-order chi connectivity index (χ0) is 14.8. The van der Waals surface area contributed by atoms with Crippen LogP contribution in [0.15, 0.2) is 54.7 Å². The van der Waals surface area contributed by atoms with Gasteiger partial charge in [0.25, 0.3) is 0 Å². The first-order valence-electron chi connectivity index (χ1n) is 6.58. The largest absolute Gasteiger partial charge is 0.399 e. The molecule has 0 saturated carbocycles. The molecule has 0 saturated heterocycles. The third-order valence-corrected chi connectivity index (χ3v) is 3.49. The maximum absolute atomic E-state index is 9.26. The van der Waals surface area contributed by atoms with Gasteiger partial charge in [-0.25, -0.2) is 0 Å². The van der Waals surface area contributed by atoms with Crippen LogP contribution in [0, 0.1) is 11.3 Å². The number of hydrogen-bond donors (Lipinski definition) is 1. The quantitative estimate of drug-likeness (QED) is 0.727. The van der Waals surface area contributed by atoms with E-state index in [1.165, 1.54) is 0 Å². The molecule has 0 aliphatic heterocycles. The van der Waals surface area contributed by atoms with Crippen LogP contribution in [0.1, 0.15) is 5.56 Å². The van der Waals surface area contributed by atoms with Crippen LogP contribution < -0.4 is 10.6 Å². The van der Waals surface area contributed by atoms with Crippen molar-refractivity contribution >= 4 is 28.0 Å². The number of nitrogen functional groups attached to an aromatic ring is 1. The number of rotatable bonds is 2. The first-order chi connectivity index (χ1) is 10.2. The Morgan fingerprint density at radius 3 is 2.71 bits per heavy atom. The Morgan fingerprint density at radius 2 is 1.90 bits per heavy atom. The lowest BCUT2D eigenvalue weighted by Crippen LogP contribution is -2.11. The highest BCUT2D eigenvalue weighted by Crippen LogP contribution is 2.32. The minimum absolute atomic E-state index is 0.639. The normalized spacial score (nSPS) is 10.3. The van der Waals surface area contributed by atoms with Crippen molar-refractivity contribution in [2.75, 3.05) is 17.7 Å². The van der Waals surface area contributed by atoms with Crippen LogP contribution in [0.5, 0.6) is 0 Å². The van der Waals surface area contributed by atoms with Crippen LogP contribution in [0.3, 0.4) is 0 Å². The fourth-order valence-corrected chi connectivity index (χ4v) is 2.43. The molecule has 0 aliphatic carbocycles. The minimum atomic E-state index is 0.639. The van der Waals surface area contributed by atoms with E-state index in [-0.39, 0.29) is 0 Å². The summed E-state index contributed by atoms with van der Waals surface area (Å²) in [5, 5.41) is 10.3. The predicted molar refractivity (Wildman–Crippen MR) is 85.4 cm³/mol. The van der Waals surface area contributed by atoms with E-state index < -0.39 is 0 Å². The lowest BCUT2D eigenvalue weighted by Gasteiger charge is -2.22. The topological polar surface area (TPSA) is 65.9 Å². The van der Waals surface area contributed by atoms with Crippen molar-refractivity contribution in [2.45, 2.75) is 0 Å². The average molecular weight is 274 g/mol. The highest BCUT2D eigenvalue weighted by Gasteiger charge is 2.12. The molecule has 0 spiro atoms. The smallest absolute Gasteiger partial charge is 0.101 e. The van der Waals surface area contributed by atoms with E-state index >= 15 is 0 Å². The Hall–Kier alpha value is -3.06. The molecule has 0 bridgehead atoms. The molecule has 0 radical (unpaired) electrons. The van der Waals surface area contributed by atoms with Crippen molar-refractivity contribution in [1.29, 1.82) is 5.26 Å². The highest BCUT2D eigenvalue weighted by atomic mass is 15.1. The summed E-state index contributed by atoms with van der Waals surface area (Å²) in [5.74, 6) is 0. The summed E-state index contributed by atoms with van der Waals surface area (Å²) < 4.78 is 0. The van der Waals surface area contributed by atoms with Gasteiger partial charge >= 0.3 is 0 Å². The number of para-hydroxylation sites is 1. The third kappa shape index (κ3) is 2.26. The van der Waals surface area contributed by atoms with Gasteiger partial charge in [0.2, 0.25) is 0 Å². The minimum Gasteiger partial charge on any atom is -0.399 e. The van der Waals surface area contributed by atoms with Crippen LogP contribution in [-0.2, 0) is 0 Å². The number of benzene rings is 2. The predicted octanol–water partition coefficient (Wildman–Crippen LogP) is 3.46. The van der Waals surface area contributed by atoms with Gasteiger partial charge in [0.05, 0.1) is 22.5 Å². The maximum Gasteiger partial charge on any atom is 0.101 e. The first kappa shape index (κ1) is 12.9. The molecular weight excluding hydrogens is 260 g/mol. The van der Waals surface area contributed by atoms with Gasteiger partial charge in [-0.15, -0.1) is 0 Å². The van der Waals surface area contributed by atoms with Gasteiger partial charge in [0, 0.05) is 24.3 Å². The molecule has 3 aromatic rings. The van der Waals surface area contributed by atoms with E-state index in [9.17, 15) is 5.26 Å². The van der Waals surface area contributed by atoms with Crippen LogP contribution in [-0.4, -0.2) is 12.0 Å². The summed E-state index contributed by atoms with van der Waals surface area (Å²) >= 11 is 0. The highest BCUT2D eigenvalue weighted by molar-refractivity contribution is 5.95. The van der Waals surface area contributed by atoms with Gasteiger partial charge in [-0.05, 0) is 36.4 Å². The van der Waals surface area contributed by atoms with Crippen molar-refractivity contribution in [3.8, 4) is 6.07 Å². The molecule has 0 aliphatic rings. The molecule has 4 heteroatoms. The van der Waals surface area contributed by atoms with E-state index in [1.807, 2.05) is 60.5 Å². The molecule has 1 heterocycles. The molecule has 21 heavy (non-hydrogen) atoms.